The van der Waals surface area contributed by atoms with Crippen LogP contribution in [-0.4, -0.2) is 38.8 Å². The average Bonchev–Trinajstić information content (AvgIpc) is 3.20. The molecule has 5 heteroatoms. The van der Waals surface area contributed by atoms with E-state index in [4.69, 9.17) is 13.9 Å². The maximum absolute atomic E-state index is 5.71. The largest absolute Gasteiger partial charge is 0.493 e. The molecule has 1 fully saturated rings. The normalized spacial score (nSPS) is 16.6. The predicted molar refractivity (Wildman–Crippen MR) is 98.1 cm³/mol. The lowest BCUT2D eigenvalue weighted by molar-refractivity contribution is 0.142. The molecular formula is C20H28N2O3. The lowest BCUT2D eigenvalue weighted by Crippen LogP contribution is -2.38. The number of piperidine rings is 1. The molecule has 1 aromatic carbocycles. The summed E-state index contributed by atoms with van der Waals surface area (Å²) in [4.78, 5) is 2.53. The number of para-hydroxylation sites is 1. The van der Waals surface area contributed by atoms with Gasteiger partial charge in [0.1, 0.15) is 5.76 Å². The number of likely N-dealkylation sites (tertiary alicyclic amines) is 1. The van der Waals surface area contributed by atoms with Crippen molar-refractivity contribution in [3.63, 3.8) is 0 Å². The van der Waals surface area contributed by atoms with E-state index in [1.54, 1.807) is 20.5 Å². The molecule has 1 saturated heterocycles. The molecule has 1 aliphatic rings. The van der Waals surface area contributed by atoms with E-state index in [-0.39, 0.29) is 6.04 Å². The third kappa shape index (κ3) is 4.35. The van der Waals surface area contributed by atoms with Crippen molar-refractivity contribution in [3.8, 4) is 11.5 Å². The molecule has 1 atom stereocenters. The van der Waals surface area contributed by atoms with Crippen LogP contribution in [0.15, 0.2) is 41.0 Å². The fraction of sp³-hybridized carbons (Fsp3) is 0.500. The predicted octanol–water partition coefficient (Wildman–Crippen LogP) is 3.61. The molecule has 2 aromatic rings. The van der Waals surface area contributed by atoms with Gasteiger partial charge in [0.15, 0.2) is 11.5 Å². The molecule has 0 spiro atoms. The van der Waals surface area contributed by atoms with Gasteiger partial charge in [0, 0.05) is 18.7 Å². The van der Waals surface area contributed by atoms with Crippen molar-refractivity contribution in [2.24, 2.45) is 0 Å². The highest BCUT2D eigenvalue weighted by atomic mass is 16.5. The van der Waals surface area contributed by atoms with Gasteiger partial charge in [-0.25, -0.2) is 0 Å². The highest BCUT2D eigenvalue weighted by Gasteiger charge is 2.24. The second-order valence-electron chi connectivity index (χ2n) is 6.41. The summed E-state index contributed by atoms with van der Waals surface area (Å²) in [6, 6.07) is 10.3. The van der Waals surface area contributed by atoms with Crippen LogP contribution in [0.1, 0.15) is 36.6 Å². The smallest absolute Gasteiger partial charge is 0.165 e. The van der Waals surface area contributed by atoms with E-state index >= 15 is 0 Å². The Morgan fingerprint density at radius 1 is 1.08 bits per heavy atom. The fourth-order valence-electron chi connectivity index (χ4n) is 3.56. The molecule has 5 nitrogen and oxygen atoms in total. The van der Waals surface area contributed by atoms with Crippen LogP contribution in [0.5, 0.6) is 11.5 Å². The number of methoxy groups -OCH3 is 2. The Morgan fingerprint density at radius 3 is 2.60 bits per heavy atom. The maximum Gasteiger partial charge on any atom is 0.165 e. The molecule has 0 amide bonds. The zero-order chi connectivity index (χ0) is 17.5. The lowest BCUT2D eigenvalue weighted by Gasteiger charge is -2.33. The summed E-state index contributed by atoms with van der Waals surface area (Å²) < 4.78 is 16.6. The molecule has 0 saturated carbocycles. The first kappa shape index (κ1) is 17.8. The highest BCUT2D eigenvalue weighted by Crippen LogP contribution is 2.31. The number of hydrogen-bond acceptors (Lipinski definition) is 5. The Morgan fingerprint density at radius 2 is 1.92 bits per heavy atom. The standard InChI is InChI=1S/C20H28N2O3/c1-23-19-9-6-8-16(20(19)24-2)14-21-15-17(18-10-7-13-25-18)22-11-4-3-5-12-22/h6-10,13,17,21H,3-5,11-12,14-15H2,1-2H3/t17-/m0/s1. The molecule has 0 unspecified atom stereocenters. The van der Waals surface area contributed by atoms with Crippen LogP contribution < -0.4 is 14.8 Å². The number of nitrogens with one attached hydrogen (secondary N) is 1. The third-order valence-electron chi connectivity index (χ3n) is 4.84. The van der Waals surface area contributed by atoms with E-state index in [1.807, 2.05) is 18.2 Å². The van der Waals surface area contributed by atoms with Gasteiger partial charge in [-0.05, 0) is 44.1 Å². The van der Waals surface area contributed by atoms with Crippen molar-refractivity contribution < 1.29 is 13.9 Å². The Balaban J connectivity index is 1.66. The van der Waals surface area contributed by atoms with Gasteiger partial charge in [-0.2, -0.15) is 0 Å². The molecule has 0 radical (unpaired) electrons. The molecular weight excluding hydrogens is 316 g/mol. The average molecular weight is 344 g/mol. The molecule has 3 rings (SSSR count). The van der Waals surface area contributed by atoms with Crippen molar-refractivity contribution in [3.05, 3.63) is 47.9 Å². The van der Waals surface area contributed by atoms with Crippen LogP contribution in [-0.2, 0) is 6.54 Å². The Bertz CT molecular complexity index is 636. The summed E-state index contributed by atoms with van der Waals surface area (Å²) in [5.74, 6) is 2.59. The van der Waals surface area contributed by atoms with Crippen LogP contribution in [0.3, 0.4) is 0 Å². The van der Waals surface area contributed by atoms with Gasteiger partial charge in [0.05, 0.1) is 26.5 Å². The number of hydrogen-bond donors (Lipinski definition) is 1. The quantitative estimate of drug-likeness (QED) is 0.793. The summed E-state index contributed by atoms with van der Waals surface area (Å²) in [7, 11) is 3.35. The van der Waals surface area contributed by atoms with Crippen LogP contribution in [0, 0.1) is 0 Å². The van der Waals surface area contributed by atoms with E-state index in [2.05, 4.69) is 22.3 Å². The Labute approximate surface area is 149 Å². The van der Waals surface area contributed by atoms with Crippen molar-refractivity contribution in [1.29, 1.82) is 0 Å². The number of rotatable bonds is 8. The second-order valence-corrected chi connectivity index (χ2v) is 6.41. The highest BCUT2D eigenvalue weighted by molar-refractivity contribution is 5.46. The van der Waals surface area contributed by atoms with Gasteiger partial charge < -0.3 is 19.2 Å². The molecule has 0 bridgehead atoms. The minimum atomic E-state index is 0.270. The number of nitrogens with zero attached hydrogens (tertiary/aromatic N) is 1. The number of ether oxygens (including phenoxy) is 2. The van der Waals surface area contributed by atoms with Gasteiger partial charge in [-0.1, -0.05) is 18.6 Å². The van der Waals surface area contributed by atoms with Crippen molar-refractivity contribution in [2.75, 3.05) is 33.9 Å². The minimum Gasteiger partial charge on any atom is -0.493 e. The molecule has 25 heavy (non-hydrogen) atoms. The van der Waals surface area contributed by atoms with Gasteiger partial charge in [0.25, 0.3) is 0 Å². The fourth-order valence-corrected chi connectivity index (χ4v) is 3.56. The maximum atomic E-state index is 5.71. The summed E-state index contributed by atoms with van der Waals surface area (Å²) in [6.45, 7) is 3.84. The van der Waals surface area contributed by atoms with Crippen LogP contribution in [0.25, 0.3) is 0 Å². The van der Waals surface area contributed by atoms with E-state index in [0.717, 1.165) is 49.0 Å². The Kier molecular flexibility index (Phi) is 6.36. The van der Waals surface area contributed by atoms with Crippen molar-refractivity contribution >= 4 is 0 Å². The molecule has 136 valence electrons. The van der Waals surface area contributed by atoms with Crippen molar-refractivity contribution in [1.82, 2.24) is 10.2 Å². The Hall–Kier alpha value is -1.98. The van der Waals surface area contributed by atoms with E-state index in [1.165, 1.54) is 19.3 Å². The van der Waals surface area contributed by atoms with Gasteiger partial charge in [-0.15, -0.1) is 0 Å². The van der Waals surface area contributed by atoms with Crippen molar-refractivity contribution in [2.45, 2.75) is 31.8 Å². The van der Waals surface area contributed by atoms with E-state index in [0.29, 0.717) is 0 Å². The first-order valence-electron chi connectivity index (χ1n) is 9.01. The third-order valence-corrected chi connectivity index (χ3v) is 4.84. The SMILES string of the molecule is COc1cccc(CNC[C@@H](c2ccco2)N2CCCCC2)c1OC. The molecule has 2 heterocycles. The van der Waals surface area contributed by atoms with Gasteiger partial charge in [0.2, 0.25) is 0 Å². The molecule has 1 aliphatic heterocycles. The summed E-state index contributed by atoms with van der Waals surface area (Å²) in [5, 5.41) is 3.58. The first-order valence-corrected chi connectivity index (χ1v) is 9.01. The summed E-state index contributed by atoms with van der Waals surface area (Å²) in [6.07, 6.45) is 5.62. The van der Waals surface area contributed by atoms with E-state index in [9.17, 15) is 0 Å². The molecule has 0 aliphatic carbocycles. The van der Waals surface area contributed by atoms with Crippen LogP contribution >= 0.6 is 0 Å². The zero-order valence-electron chi connectivity index (χ0n) is 15.2. The van der Waals surface area contributed by atoms with Gasteiger partial charge >= 0.3 is 0 Å². The molecule has 1 N–H and O–H groups in total. The monoisotopic (exact) mass is 344 g/mol. The number of benzene rings is 1. The topological polar surface area (TPSA) is 46.9 Å². The summed E-state index contributed by atoms with van der Waals surface area (Å²) >= 11 is 0. The second kappa shape index (κ2) is 8.92. The molecule has 1 aromatic heterocycles. The number of furan rings is 1. The van der Waals surface area contributed by atoms with Gasteiger partial charge in [-0.3, -0.25) is 4.90 Å². The lowest BCUT2D eigenvalue weighted by atomic mass is 10.1. The summed E-state index contributed by atoms with van der Waals surface area (Å²) in [5.41, 5.74) is 1.10. The first-order chi connectivity index (χ1) is 12.3. The minimum absolute atomic E-state index is 0.270. The van der Waals surface area contributed by atoms with Crippen LogP contribution in [0.2, 0.25) is 0 Å². The van der Waals surface area contributed by atoms with Crippen LogP contribution in [0.4, 0.5) is 0 Å². The zero-order valence-corrected chi connectivity index (χ0v) is 15.2. The van der Waals surface area contributed by atoms with E-state index < -0.39 is 0 Å².